The standard InChI is InChI=1S/C13H17ClN2O2/c1-18-13(17)8-12-9-15-5-6-16(12)11-4-2-3-10(14)7-11/h2-4,7,12,15H,5-6,8-9H2,1H3. The molecule has 5 heteroatoms. The van der Waals surface area contributed by atoms with Crippen LogP contribution in [-0.4, -0.2) is 38.8 Å². The van der Waals surface area contributed by atoms with Gasteiger partial charge in [0.2, 0.25) is 0 Å². The third-order valence-corrected chi connectivity index (χ3v) is 3.36. The van der Waals surface area contributed by atoms with Gasteiger partial charge in [-0.3, -0.25) is 4.79 Å². The molecule has 1 aliphatic heterocycles. The fourth-order valence-corrected chi connectivity index (χ4v) is 2.40. The van der Waals surface area contributed by atoms with Gasteiger partial charge in [-0.2, -0.15) is 0 Å². The molecule has 1 aromatic carbocycles. The predicted molar refractivity (Wildman–Crippen MR) is 72.1 cm³/mol. The summed E-state index contributed by atoms with van der Waals surface area (Å²) in [5.41, 5.74) is 1.05. The summed E-state index contributed by atoms with van der Waals surface area (Å²) in [5.74, 6) is -0.185. The van der Waals surface area contributed by atoms with Gasteiger partial charge in [-0.1, -0.05) is 17.7 Å². The molecule has 1 fully saturated rings. The highest BCUT2D eigenvalue weighted by Crippen LogP contribution is 2.23. The Kier molecular flexibility index (Phi) is 4.44. The van der Waals surface area contributed by atoms with Crippen LogP contribution in [-0.2, 0) is 9.53 Å². The van der Waals surface area contributed by atoms with Gasteiger partial charge in [0, 0.05) is 30.3 Å². The van der Waals surface area contributed by atoms with Crippen LogP contribution in [0, 0.1) is 0 Å². The lowest BCUT2D eigenvalue weighted by Crippen LogP contribution is -2.52. The van der Waals surface area contributed by atoms with E-state index < -0.39 is 0 Å². The van der Waals surface area contributed by atoms with Gasteiger partial charge < -0.3 is 15.0 Å². The second-order valence-corrected chi connectivity index (χ2v) is 4.75. The van der Waals surface area contributed by atoms with Crippen LogP contribution in [0.1, 0.15) is 6.42 Å². The maximum Gasteiger partial charge on any atom is 0.307 e. The second-order valence-electron chi connectivity index (χ2n) is 4.31. The largest absolute Gasteiger partial charge is 0.469 e. The highest BCUT2D eigenvalue weighted by molar-refractivity contribution is 6.30. The van der Waals surface area contributed by atoms with Crippen molar-refractivity contribution in [2.24, 2.45) is 0 Å². The van der Waals surface area contributed by atoms with E-state index in [-0.39, 0.29) is 12.0 Å². The van der Waals surface area contributed by atoms with Gasteiger partial charge in [0.1, 0.15) is 0 Å². The van der Waals surface area contributed by atoms with Crippen molar-refractivity contribution in [1.82, 2.24) is 5.32 Å². The molecule has 0 aliphatic carbocycles. The van der Waals surface area contributed by atoms with Crippen LogP contribution in [0.4, 0.5) is 5.69 Å². The third-order valence-electron chi connectivity index (χ3n) is 3.12. The number of carbonyl (C=O) groups excluding carboxylic acids is 1. The quantitative estimate of drug-likeness (QED) is 0.847. The number of nitrogens with zero attached hydrogens (tertiary/aromatic N) is 1. The maximum absolute atomic E-state index is 11.4. The minimum Gasteiger partial charge on any atom is -0.469 e. The van der Waals surface area contributed by atoms with E-state index in [1.165, 1.54) is 7.11 Å². The maximum atomic E-state index is 11.4. The molecular formula is C13H17ClN2O2. The van der Waals surface area contributed by atoms with Gasteiger partial charge in [-0.05, 0) is 18.2 Å². The summed E-state index contributed by atoms with van der Waals surface area (Å²) in [4.78, 5) is 13.6. The van der Waals surface area contributed by atoms with Crippen molar-refractivity contribution in [2.75, 3.05) is 31.6 Å². The Labute approximate surface area is 112 Å². The van der Waals surface area contributed by atoms with E-state index >= 15 is 0 Å². The molecule has 98 valence electrons. The Bertz CT molecular complexity index is 425. The summed E-state index contributed by atoms with van der Waals surface area (Å²) in [6.07, 6.45) is 0.385. The van der Waals surface area contributed by atoms with E-state index in [2.05, 4.69) is 10.2 Å². The molecule has 4 nitrogen and oxygen atoms in total. The number of ether oxygens (including phenoxy) is 1. The minimum atomic E-state index is -0.185. The molecule has 0 saturated carbocycles. The van der Waals surface area contributed by atoms with Crippen LogP contribution < -0.4 is 10.2 Å². The van der Waals surface area contributed by atoms with Gasteiger partial charge in [-0.25, -0.2) is 0 Å². The molecular weight excluding hydrogens is 252 g/mol. The zero-order valence-electron chi connectivity index (χ0n) is 10.4. The minimum absolute atomic E-state index is 0.115. The number of piperazine rings is 1. The Morgan fingerprint density at radius 1 is 1.61 bits per heavy atom. The Balaban J connectivity index is 2.14. The van der Waals surface area contributed by atoms with Gasteiger partial charge in [0.15, 0.2) is 0 Å². The lowest BCUT2D eigenvalue weighted by Gasteiger charge is -2.37. The average molecular weight is 269 g/mol. The molecule has 1 atom stereocenters. The van der Waals surface area contributed by atoms with Gasteiger partial charge in [0.25, 0.3) is 0 Å². The van der Waals surface area contributed by atoms with Crippen LogP contribution in [0.3, 0.4) is 0 Å². The van der Waals surface area contributed by atoms with E-state index in [1.807, 2.05) is 24.3 Å². The Morgan fingerprint density at radius 2 is 2.44 bits per heavy atom. The lowest BCUT2D eigenvalue weighted by atomic mass is 10.1. The average Bonchev–Trinajstić information content (AvgIpc) is 2.39. The van der Waals surface area contributed by atoms with Crippen LogP contribution in [0.5, 0.6) is 0 Å². The summed E-state index contributed by atoms with van der Waals surface area (Å²) < 4.78 is 4.74. The summed E-state index contributed by atoms with van der Waals surface area (Å²) in [6, 6.07) is 7.83. The molecule has 1 heterocycles. The van der Waals surface area contributed by atoms with Crippen LogP contribution >= 0.6 is 11.6 Å². The van der Waals surface area contributed by atoms with Crippen LogP contribution in [0.2, 0.25) is 5.02 Å². The number of hydrogen-bond donors (Lipinski definition) is 1. The molecule has 0 spiro atoms. The normalized spacial score (nSPS) is 19.7. The van der Waals surface area contributed by atoms with Gasteiger partial charge in [-0.15, -0.1) is 0 Å². The topological polar surface area (TPSA) is 41.6 Å². The van der Waals surface area contributed by atoms with E-state index in [0.29, 0.717) is 11.4 Å². The van der Waals surface area contributed by atoms with Crippen molar-refractivity contribution < 1.29 is 9.53 Å². The van der Waals surface area contributed by atoms with Crippen molar-refractivity contribution in [3.63, 3.8) is 0 Å². The van der Waals surface area contributed by atoms with Gasteiger partial charge >= 0.3 is 5.97 Å². The first-order chi connectivity index (χ1) is 8.70. The Morgan fingerprint density at radius 3 is 3.17 bits per heavy atom. The molecule has 1 N–H and O–H groups in total. The van der Waals surface area contributed by atoms with Crippen LogP contribution in [0.25, 0.3) is 0 Å². The molecule has 0 radical (unpaired) electrons. The van der Waals surface area contributed by atoms with E-state index in [1.54, 1.807) is 0 Å². The summed E-state index contributed by atoms with van der Waals surface area (Å²) in [6.45, 7) is 2.55. The van der Waals surface area contributed by atoms with E-state index in [0.717, 1.165) is 25.3 Å². The number of anilines is 1. The molecule has 18 heavy (non-hydrogen) atoms. The van der Waals surface area contributed by atoms with E-state index in [4.69, 9.17) is 16.3 Å². The fourth-order valence-electron chi connectivity index (χ4n) is 2.21. The smallest absolute Gasteiger partial charge is 0.307 e. The number of benzene rings is 1. The van der Waals surface area contributed by atoms with Crippen molar-refractivity contribution in [3.05, 3.63) is 29.3 Å². The zero-order valence-corrected chi connectivity index (χ0v) is 11.1. The first kappa shape index (κ1) is 13.2. The molecule has 2 rings (SSSR count). The molecule has 1 aliphatic rings. The van der Waals surface area contributed by atoms with Crippen molar-refractivity contribution in [3.8, 4) is 0 Å². The lowest BCUT2D eigenvalue weighted by molar-refractivity contribution is -0.141. The third kappa shape index (κ3) is 3.15. The number of methoxy groups -OCH3 is 1. The monoisotopic (exact) mass is 268 g/mol. The number of nitrogens with one attached hydrogen (secondary N) is 1. The van der Waals surface area contributed by atoms with Crippen molar-refractivity contribution >= 4 is 23.3 Å². The molecule has 1 aromatic rings. The molecule has 0 bridgehead atoms. The molecule has 0 amide bonds. The predicted octanol–water partition coefficient (Wildman–Crippen LogP) is 1.68. The number of carbonyl (C=O) groups is 1. The highest BCUT2D eigenvalue weighted by atomic mass is 35.5. The van der Waals surface area contributed by atoms with Crippen molar-refractivity contribution in [1.29, 1.82) is 0 Å². The SMILES string of the molecule is COC(=O)CC1CNCCN1c1cccc(Cl)c1. The van der Waals surface area contributed by atoms with Crippen molar-refractivity contribution in [2.45, 2.75) is 12.5 Å². The van der Waals surface area contributed by atoms with Gasteiger partial charge in [0.05, 0.1) is 19.6 Å². The first-order valence-electron chi connectivity index (χ1n) is 6.00. The Hall–Kier alpha value is -1.26. The molecule has 1 saturated heterocycles. The summed E-state index contributed by atoms with van der Waals surface area (Å²) in [7, 11) is 1.42. The summed E-state index contributed by atoms with van der Waals surface area (Å²) >= 11 is 6.01. The fraction of sp³-hybridized carbons (Fsp3) is 0.462. The number of rotatable bonds is 3. The zero-order chi connectivity index (χ0) is 13.0. The number of esters is 1. The van der Waals surface area contributed by atoms with Crippen LogP contribution in [0.15, 0.2) is 24.3 Å². The van der Waals surface area contributed by atoms with E-state index in [9.17, 15) is 4.79 Å². The molecule has 1 unspecified atom stereocenters. The molecule has 0 aromatic heterocycles. The first-order valence-corrected chi connectivity index (χ1v) is 6.38. The second kappa shape index (κ2) is 6.07. The summed E-state index contributed by atoms with van der Waals surface area (Å²) in [5, 5.41) is 4.01. The number of hydrogen-bond acceptors (Lipinski definition) is 4. The highest BCUT2D eigenvalue weighted by Gasteiger charge is 2.25. The number of halogens is 1.